The number of rotatable bonds is 5. The van der Waals surface area contributed by atoms with Crippen LogP contribution in [0, 0.1) is 0 Å². The number of hydrogen-bond donors (Lipinski definition) is 1. The van der Waals surface area contributed by atoms with Crippen LogP contribution >= 0.6 is 15.9 Å². The summed E-state index contributed by atoms with van der Waals surface area (Å²) in [5.41, 5.74) is 2.16. The average Bonchev–Trinajstić information content (AvgIpc) is 2.60. The molecule has 3 nitrogen and oxygen atoms in total. The van der Waals surface area contributed by atoms with Crippen molar-refractivity contribution in [3.05, 3.63) is 69.0 Å². The van der Waals surface area contributed by atoms with Gasteiger partial charge in [-0.15, -0.1) is 0 Å². The second kappa shape index (κ2) is 7.67. The standard InChI is InChI=1S/C20H20BrNO2/c1-2-6-19(23)22-12-18-17-10-9-16(21)11-15(17)13-24-20(18)14-7-4-3-5-8-14/h3-5,7-11,13,20H,2,6,12H2,1H3,(H,22,23). The van der Waals surface area contributed by atoms with E-state index in [0.29, 0.717) is 13.0 Å². The number of benzene rings is 2. The van der Waals surface area contributed by atoms with Crippen molar-refractivity contribution < 1.29 is 9.53 Å². The Kier molecular flexibility index (Phi) is 5.36. The molecule has 0 aromatic heterocycles. The van der Waals surface area contributed by atoms with E-state index in [1.54, 1.807) is 6.26 Å². The van der Waals surface area contributed by atoms with Crippen molar-refractivity contribution >= 4 is 33.7 Å². The van der Waals surface area contributed by atoms with Gasteiger partial charge in [0.15, 0.2) is 0 Å². The molecule has 0 aliphatic carbocycles. The van der Waals surface area contributed by atoms with E-state index in [1.807, 2.05) is 37.3 Å². The zero-order valence-electron chi connectivity index (χ0n) is 13.6. The number of carbonyl (C=O) groups excluding carboxylic acids is 1. The lowest BCUT2D eigenvalue weighted by Crippen LogP contribution is -2.38. The first kappa shape index (κ1) is 16.8. The Balaban J connectivity index is 2.02. The molecule has 4 heteroatoms. The molecule has 1 aliphatic heterocycles. The van der Waals surface area contributed by atoms with Gasteiger partial charge in [0.1, 0.15) is 6.10 Å². The van der Waals surface area contributed by atoms with Gasteiger partial charge in [-0.2, -0.15) is 0 Å². The highest BCUT2D eigenvalue weighted by molar-refractivity contribution is 9.10. The average molecular weight is 386 g/mol. The van der Waals surface area contributed by atoms with Crippen LogP contribution in [0.15, 0.2) is 53.0 Å². The van der Waals surface area contributed by atoms with Crippen LogP contribution in [-0.4, -0.2) is 12.5 Å². The van der Waals surface area contributed by atoms with E-state index in [9.17, 15) is 4.79 Å². The summed E-state index contributed by atoms with van der Waals surface area (Å²) in [5, 5.41) is 5.17. The summed E-state index contributed by atoms with van der Waals surface area (Å²) < 4.78 is 7.02. The molecular weight excluding hydrogens is 366 g/mol. The molecule has 0 saturated carbocycles. The number of carbonyl (C=O) groups is 1. The van der Waals surface area contributed by atoms with Gasteiger partial charge in [0.05, 0.1) is 6.26 Å². The molecule has 0 spiro atoms. The van der Waals surface area contributed by atoms with E-state index in [1.165, 1.54) is 0 Å². The van der Waals surface area contributed by atoms with Crippen molar-refractivity contribution in [3.63, 3.8) is 0 Å². The summed E-state index contributed by atoms with van der Waals surface area (Å²) in [4.78, 5) is 11.9. The van der Waals surface area contributed by atoms with Crippen LogP contribution in [0.5, 0.6) is 0 Å². The molecule has 0 bridgehead atoms. The first-order chi connectivity index (χ1) is 11.7. The van der Waals surface area contributed by atoms with Crippen LogP contribution in [0.25, 0.3) is 11.8 Å². The number of nitrogens with one attached hydrogen (secondary N) is 1. The number of amides is 1. The molecule has 1 aliphatic rings. The Labute approximate surface area is 150 Å². The third-order valence-electron chi connectivity index (χ3n) is 4.06. The van der Waals surface area contributed by atoms with Crippen LogP contribution in [0.3, 0.4) is 0 Å². The lowest BCUT2D eigenvalue weighted by Gasteiger charge is -2.24. The van der Waals surface area contributed by atoms with Gasteiger partial charge in [-0.3, -0.25) is 4.79 Å². The van der Waals surface area contributed by atoms with E-state index in [-0.39, 0.29) is 12.0 Å². The zero-order chi connectivity index (χ0) is 16.9. The molecule has 1 N–H and O–H groups in total. The minimum atomic E-state index is -0.179. The van der Waals surface area contributed by atoms with Crippen LogP contribution in [0.1, 0.15) is 31.4 Å². The van der Waals surface area contributed by atoms with E-state index in [4.69, 9.17) is 4.74 Å². The Hall–Kier alpha value is -2.07. The van der Waals surface area contributed by atoms with Crippen molar-refractivity contribution in [2.75, 3.05) is 6.54 Å². The lowest BCUT2D eigenvalue weighted by atomic mass is 9.97. The molecule has 0 radical (unpaired) electrons. The molecular formula is C20H20BrNO2. The summed E-state index contributed by atoms with van der Waals surface area (Å²) in [7, 11) is 0. The number of halogens is 1. The fourth-order valence-corrected chi connectivity index (χ4v) is 3.27. The van der Waals surface area contributed by atoms with E-state index < -0.39 is 0 Å². The van der Waals surface area contributed by atoms with Gasteiger partial charge in [-0.25, -0.2) is 0 Å². The van der Waals surface area contributed by atoms with Crippen molar-refractivity contribution in [2.24, 2.45) is 0 Å². The maximum absolute atomic E-state index is 11.9. The smallest absolute Gasteiger partial charge is 0.220 e. The molecule has 2 aromatic rings. The van der Waals surface area contributed by atoms with Gasteiger partial charge in [0, 0.05) is 28.2 Å². The third kappa shape index (κ3) is 3.70. The highest BCUT2D eigenvalue weighted by atomic mass is 79.9. The number of ether oxygens (including phenoxy) is 1. The summed E-state index contributed by atoms with van der Waals surface area (Å²) in [6.45, 7) is 2.49. The SMILES string of the molecule is CCCC(=O)NCC1=c2ccc(Br)cc2=COC1c1ccccc1. The molecule has 0 saturated heterocycles. The highest BCUT2D eigenvalue weighted by Gasteiger charge is 2.21. The fraction of sp³-hybridized carbons (Fsp3) is 0.250. The molecule has 1 atom stereocenters. The Morgan fingerprint density at radius 3 is 2.75 bits per heavy atom. The Morgan fingerprint density at radius 1 is 1.21 bits per heavy atom. The van der Waals surface area contributed by atoms with Crippen LogP contribution in [0.2, 0.25) is 0 Å². The van der Waals surface area contributed by atoms with Crippen molar-refractivity contribution in [1.29, 1.82) is 0 Å². The molecule has 1 heterocycles. The number of fused-ring (bicyclic) bond motifs is 1. The first-order valence-corrected chi connectivity index (χ1v) is 8.94. The van der Waals surface area contributed by atoms with E-state index >= 15 is 0 Å². The second-order valence-electron chi connectivity index (χ2n) is 5.83. The van der Waals surface area contributed by atoms with Crippen LogP contribution in [0.4, 0.5) is 0 Å². The van der Waals surface area contributed by atoms with Gasteiger partial charge in [-0.05, 0) is 29.3 Å². The number of hydrogen-bond acceptors (Lipinski definition) is 2. The maximum atomic E-state index is 11.9. The molecule has 2 aromatic carbocycles. The second-order valence-corrected chi connectivity index (χ2v) is 6.74. The highest BCUT2D eigenvalue weighted by Crippen LogP contribution is 2.27. The topological polar surface area (TPSA) is 38.3 Å². The monoisotopic (exact) mass is 385 g/mol. The van der Waals surface area contributed by atoms with Gasteiger partial charge in [-0.1, -0.05) is 59.3 Å². The first-order valence-electron chi connectivity index (χ1n) is 8.15. The van der Waals surface area contributed by atoms with Crippen LogP contribution in [-0.2, 0) is 9.53 Å². The minimum absolute atomic E-state index is 0.0741. The summed E-state index contributed by atoms with van der Waals surface area (Å²) in [6, 6.07) is 16.2. The molecule has 3 rings (SSSR count). The van der Waals surface area contributed by atoms with Gasteiger partial charge < -0.3 is 10.1 Å². The fourth-order valence-electron chi connectivity index (χ4n) is 2.89. The summed E-state index contributed by atoms with van der Waals surface area (Å²) in [5.74, 6) is 0.0741. The zero-order valence-corrected chi connectivity index (χ0v) is 15.2. The van der Waals surface area contributed by atoms with Gasteiger partial charge in [0.2, 0.25) is 5.91 Å². The Morgan fingerprint density at radius 2 is 2.00 bits per heavy atom. The molecule has 24 heavy (non-hydrogen) atoms. The third-order valence-corrected chi connectivity index (χ3v) is 4.56. The predicted octanol–water partition coefficient (Wildman–Crippen LogP) is 3.03. The van der Waals surface area contributed by atoms with E-state index in [0.717, 1.165) is 32.5 Å². The quantitative estimate of drug-likeness (QED) is 0.858. The maximum Gasteiger partial charge on any atom is 0.220 e. The van der Waals surface area contributed by atoms with Crippen molar-refractivity contribution in [2.45, 2.75) is 25.9 Å². The molecule has 124 valence electrons. The predicted molar refractivity (Wildman–Crippen MR) is 99.5 cm³/mol. The summed E-state index contributed by atoms with van der Waals surface area (Å²) in [6.07, 6.45) is 3.01. The molecule has 1 unspecified atom stereocenters. The van der Waals surface area contributed by atoms with Crippen molar-refractivity contribution in [1.82, 2.24) is 5.32 Å². The molecule has 1 amide bonds. The minimum Gasteiger partial charge on any atom is -0.488 e. The van der Waals surface area contributed by atoms with Crippen LogP contribution < -0.4 is 15.8 Å². The van der Waals surface area contributed by atoms with E-state index in [2.05, 4.69) is 39.4 Å². The Bertz CT molecular complexity index is 846. The van der Waals surface area contributed by atoms with Gasteiger partial charge in [0.25, 0.3) is 0 Å². The lowest BCUT2D eigenvalue weighted by molar-refractivity contribution is -0.120. The largest absolute Gasteiger partial charge is 0.488 e. The van der Waals surface area contributed by atoms with Gasteiger partial charge >= 0.3 is 0 Å². The van der Waals surface area contributed by atoms with Crippen molar-refractivity contribution in [3.8, 4) is 0 Å². The summed E-state index contributed by atoms with van der Waals surface area (Å²) >= 11 is 3.50. The molecule has 0 fully saturated rings. The normalized spacial score (nSPS) is 15.9.